The molecule has 0 aromatic carbocycles. The molecule has 0 aliphatic carbocycles. The van der Waals surface area contributed by atoms with Gasteiger partial charge in [-0.25, -0.2) is 9.50 Å². The minimum atomic E-state index is -4.60. The lowest BCUT2D eigenvalue weighted by atomic mass is 10.1. The number of pyridine rings is 1. The van der Waals surface area contributed by atoms with Crippen LogP contribution in [0.1, 0.15) is 12.6 Å². The highest BCUT2D eigenvalue weighted by Crippen LogP contribution is 2.37. The molecule has 160 valence electrons. The third-order valence-corrected chi connectivity index (χ3v) is 5.36. The topological polar surface area (TPSA) is 71.3 Å². The summed E-state index contributed by atoms with van der Waals surface area (Å²) in [4.78, 5) is 13.6. The number of nitrogens with zero attached hydrogens (tertiary/aromatic N) is 5. The number of aromatic nitrogens is 5. The smallest absolute Gasteiger partial charge is 0.377 e. The monoisotopic (exact) mass is 428 g/mol. The van der Waals surface area contributed by atoms with E-state index in [4.69, 9.17) is 9.72 Å². The number of fused-ring (bicyclic) bond motifs is 1. The summed E-state index contributed by atoms with van der Waals surface area (Å²) in [7, 11) is 0. The van der Waals surface area contributed by atoms with Gasteiger partial charge in [-0.2, -0.15) is 18.3 Å². The summed E-state index contributed by atoms with van der Waals surface area (Å²) < 4.78 is 48.2. The fourth-order valence-corrected chi connectivity index (χ4v) is 3.88. The Morgan fingerprint density at radius 3 is 2.81 bits per heavy atom. The van der Waals surface area contributed by atoms with Gasteiger partial charge in [0.15, 0.2) is 11.3 Å². The maximum atomic E-state index is 13.7. The number of alkyl halides is 3. The summed E-state index contributed by atoms with van der Waals surface area (Å²) in [6.45, 7) is 3.63. The fourth-order valence-electron chi connectivity index (χ4n) is 3.88. The van der Waals surface area contributed by atoms with E-state index in [1.165, 1.54) is 16.6 Å². The lowest BCUT2D eigenvalue weighted by Crippen LogP contribution is -2.44. The first-order chi connectivity index (χ1) is 14.9. The minimum absolute atomic E-state index is 0.0318. The zero-order valence-corrected chi connectivity index (χ0v) is 16.6. The van der Waals surface area contributed by atoms with Crippen LogP contribution >= 0.6 is 0 Å². The number of anilines is 1. The Morgan fingerprint density at radius 1 is 1.19 bits per heavy atom. The van der Waals surface area contributed by atoms with Crippen LogP contribution < -0.4 is 4.90 Å². The molecule has 1 atom stereocenters. The molecule has 4 aromatic rings. The van der Waals surface area contributed by atoms with Gasteiger partial charge in [0.2, 0.25) is 0 Å². The number of nitrogens with one attached hydrogen (secondary N) is 1. The summed E-state index contributed by atoms with van der Waals surface area (Å²) >= 11 is 0. The van der Waals surface area contributed by atoms with Crippen LogP contribution in [0.4, 0.5) is 19.0 Å². The molecule has 1 N–H and O–H groups in total. The van der Waals surface area contributed by atoms with Gasteiger partial charge >= 0.3 is 6.18 Å². The summed E-state index contributed by atoms with van der Waals surface area (Å²) in [5.74, 6) is 0.573. The maximum absolute atomic E-state index is 13.7. The van der Waals surface area contributed by atoms with Crippen molar-refractivity contribution in [3.8, 4) is 22.5 Å². The van der Waals surface area contributed by atoms with E-state index < -0.39 is 11.9 Å². The van der Waals surface area contributed by atoms with Crippen LogP contribution in [0.2, 0.25) is 0 Å². The van der Waals surface area contributed by atoms with Crippen molar-refractivity contribution >= 4 is 11.5 Å². The molecule has 1 fully saturated rings. The van der Waals surface area contributed by atoms with E-state index in [0.717, 1.165) is 11.9 Å². The highest BCUT2D eigenvalue weighted by molar-refractivity contribution is 5.79. The molecule has 0 unspecified atom stereocenters. The maximum Gasteiger partial charge on any atom is 0.434 e. The van der Waals surface area contributed by atoms with Crippen LogP contribution in [0, 0.1) is 0 Å². The van der Waals surface area contributed by atoms with E-state index in [9.17, 15) is 13.2 Å². The Kier molecular flexibility index (Phi) is 4.66. The number of morpholine rings is 1. The molecule has 1 saturated heterocycles. The number of rotatable bonds is 3. The molecule has 0 bridgehead atoms. The normalized spacial score (nSPS) is 17.4. The van der Waals surface area contributed by atoms with Crippen LogP contribution in [0.25, 0.3) is 28.2 Å². The quantitative estimate of drug-likeness (QED) is 0.534. The number of halogens is 3. The van der Waals surface area contributed by atoms with E-state index in [0.29, 0.717) is 36.8 Å². The van der Waals surface area contributed by atoms with Crippen molar-refractivity contribution in [2.24, 2.45) is 0 Å². The van der Waals surface area contributed by atoms with Gasteiger partial charge in [0, 0.05) is 30.6 Å². The number of H-pyrrole nitrogens is 1. The van der Waals surface area contributed by atoms with Crippen LogP contribution in [0.15, 0.2) is 48.9 Å². The molecule has 5 heterocycles. The number of aromatic amines is 1. The number of hydrogen-bond acceptors (Lipinski definition) is 5. The van der Waals surface area contributed by atoms with E-state index in [1.807, 2.05) is 24.0 Å². The first-order valence-corrected chi connectivity index (χ1v) is 9.83. The molecule has 0 radical (unpaired) electrons. The Balaban J connectivity index is 1.78. The molecule has 10 heteroatoms. The Bertz CT molecular complexity index is 1220. The number of hydrogen-bond donors (Lipinski definition) is 1. The van der Waals surface area contributed by atoms with Crippen LogP contribution in [-0.2, 0) is 10.9 Å². The van der Waals surface area contributed by atoms with Gasteiger partial charge in [-0.3, -0.25) is 4.98 Å². The zero-order valence-electron chi connectivity index (χ0n) is 16.6. The molecule has 5 rings (SSSR count). The third kappa shape index (κ3) is 3.42. The van der Waals surface area contributed by atoms with E-state index >= 15 is 0 Å². The standard InChI is InChI=1S/C21H19F3N6O/c1-13-12-31-9-8-29(13)18-10-17(14-4-2-7-26-19(14)21(22,23)24)30-20(28-18)15(11-27-30)16-5-3-6-25-16/h2-7,10-11,13,25H,8-9,12H2,1H3/t13-/m1/s1. The Morgan fingerprint density at radius 2 is 2.06 bits per heavy atom. The lowest BCUT2D eigenvalue weighted by molar-refractivity contribution is -0.140. The molecule has 0 saturated carbocycles. The molecule has 0 amide bonds. The second-order valence-corrected chi connectivity index (χ2v) is 7.39. The van der Waals surface area contributed by atoms with Gasteiger partial charge in [0.25, 0.3) is 0 Å². The largest absolute Gasteiger partial charge is 0.434 e. The predicted octanol–water partition coefficient (Wildman–Crippen LogP) is 4.03. The average molecular weight is 428 g/mol. The van der Waals surface area contributed by atoms with Crippen LogP contribution in [0.5, 0.6) is 0 Å². The van der Waals surface area contributed by atoms with Crippen molar-refractivity contribution in [2.75, 3.05) is 24.7 Å². The Hall–Kier alpha value is -3.40. The highest BCUT2D eigenvalue weighted by atomic mass is 19.4. The second kappa shape index (κ2) is 7.38. The molecule has 1 aliphatic heterocycles. The van der Waals surface area contributed by atoms with E-state index in [1.54, 1.807) is 18.5 Å². The molecule has 31 heavy (non-hydrogen) atoms. The summed E-state index contributed by atoms with van der Waals surface area (Å²) in [5.41, 5.74) is 1.21. The van der Waals surface area contributed by atoms with Crippen molar-refractivity contribution < 1.29 is 17.9 Å². The van der Waals surface area contributed by atoms with Crippen molar-refractivity contribution in [1.82, 2.24) is 24.6 Å². The molecular formula is C21H19F3N6O. The number of ether oxygens (including phenoxy) is 1. The van der Waals surface area contributed by atoms with Crippen molar-refractivity contribution in [3.05, 3.63) is 54.6 Å². The summed E-state index contributed by atoms with van der Waals surface area (Å²) in [6.07, 6.45) is -0.0818. The van der Waals surface area contributed by atoms with Crippen molar-refractivity contribution in [1.29, 1.82) is 0 Å². The second-order valence-electron chi connectivity index (χ2n) is 7.39. The SMILES string of the molecule is C[C@@H]1COCCN1c1cc(-c2cccnc2C(F)(F)F)n2ncc(-c3ccc[nH]3)c2n1. The lowest BCUT2D eigenvalue weighted by Gasteiger charge is -2.34. The first kappa shape index (κ1) is 19.6. The Labute approximate surface area is 175 Å². The summed E-state index contributed by atoms with van der Waals surface area (Å²) in [5, 5.41) is 4.38. The first-order valence-electron chi connectivity index (χ1n) is 9.83. The average Bonchev–Trinajstić information content (AvgIpc) is 3.42. The van der Waals surface area contributed by atoms with E-state index in [2.05, 4.69) is 15.1 Å². The molecular weight excluding hydrogens is 409 g/mol. The van der Waals surface area contributed by atoms with Crippen LogP contribution in [0.3, 0.4) is 0 Å². The zero-order chi connectivity index (χ0) is 21.6. The molecule has 4 aromatic heterocycles. The predicted molar refractivity (Wildman–Crippen MR) is 109 cm³/mol. The van der Waals surface area contributed by atoms with Gasteiger partial charge in [-0.15, -0.1) is 0 Å². The van der Waals surface area contributed by atoms with Gasteiger partial charge in [-0.05, 0) is 31.2 Å². The van der Waals surface area contributed by atoms with Gasteiger partial charge in [0.1, 0.15) is 5.82 Å². The highest BCUT2D eigenvalue weighted by Gasteiger charge is 2.36. The summed E-state index contributed by atoms with van der Waals surface area (Å²) in [6, 6.07) is 8.29. The van der Waals surface area contributed by atoms with Crippen LogP contribution in [-0.4, -0.2) is 50.4 Å². The van der Waals surface area contributed by atoms with Crippen molar-refractivity contribution in [2.45, 2.75) is 19.1 Å². The molecule has 0 spiro atoms. The van der Waals surface area contributed by atoms with Gasteiger partial charge < -0.3 is 14.6 Å². The van der Waals surface area contributed by atoms with E-state index in [-0.39, 0.29) is 17.3 Å². The fraction of sp³-hybridized carbons (Fsp3) is 0.286. The molecule has 1 aliphatic rings. The molecule has 7 nitrogen and oxygen atoms in total. The third-order valence-electron chi connectivity index (χ3n) is 5.36. The minimum Gasteiger partial charge on any atom is -0.377 e. The van der Waals surface area contributed by atoms with Gasteiger partial charge in [-0.1, -0.05) is 0 Å². The van der Waals surface area contributed by atoms with Gasteiger partial charge in [0.05, 0.1) is 42.4 Å². The van der Waals surface area contributed by atoms with Crippen molar-refractivity contribution in [3.63, 3.8) is 0 Å².